The summed E-state index contributed by atoms with van der Waals surface area (Å²) in [5.74, 6) is 1.01. The number of furan rings is 1. The molecule has 1 aromatic heterocycles. The van der Waals surface area contributed by atoms with Gasteiger partial charge in [0.1, 0.15) is 0 Å². The van der Waals surface area contributed by atoms with E-state index in [2.05, 4.69) is 25.2 Å². The molecule has 72 valence electrons. The van der Waals surface area contributed by atoms with Gasteiger partial charge < -0.3 is 4.42 Å². The van der Waals surface area contributed by atoms with Gasteiger partial charge in [-0.05, 0) is 19.9 Å². The molecule has 13 heavy (non-hydrogen) atoms. The number of thioether (sulfide) groups is 2. The van der Waals surface area contributed by atoms with Crippen molar-refractivity contribution in [2.45, 2.75) is 23.3 Å². The monoisotopic (exact) mass is 215 g/mol. The maximum absolute atomic E-state index is 5.12. The third-order valence-corrected chi connectivity index (χ3v) is 5.11. The van der Waals surface area contributed by atoms with E-state index in [0.717, 1.165) is 5.88 Å². The van der Waals surface area contributed by atoms with Crippen molar-refractivity contribution in [2.75, 3.05) is 5.88 Å². The predicted octanol–water partition coefficient (Wildman–Crippen LogP) is 2.83. The molecule has 1 aromatic rings. The van der Waals surface area contributed by atoms with E-state index in [1.54, 1.807) is 6.26 Å². The highest BCUT2D eigenvalue weighted by Gasteiger charge is 2.34. The molecule has 0 saturated carbocycles. The summed E-state index contributed by atoms with van der Waals surface area (Å²) in [5, 5.41) is 3.91. The SMILES string of the molecule is CC1NCSC(C)(c2ccoc2)S1. The molecular weight excluding hydrogens is 202 g/mol. The van der Waals surface area contributed by atoms with Gasteiger partial charge in [0.2, 0.25) is 0 Å². The highest BCUT2D eigenvalue weighted by atomic mass is 32.2. The van der Waals surface area contributed by atoms with Crippen molar-refractivity contribution < 1.29 is 4.42 Å². The molecule has 1 aliphatic heterocycles. The summed E-state index contributed by atoms with van der Waals surface area (Å²) >= 11 is 3.86. The molecule has 1 aliphatic rings. The molecule has 2 atom stereocenters. The van der Waals surface area contributed by atoms with Crippen molar-refractivity contribution in [2.24, 2.45) is 0 Å². The third kappa shape index (κ3) is 1.90. The maximum atomic E-state index is 5.12. The van der Waals surface area contributed by atoms with Gasteiger partial charge in [0.15, 0.2) is 0 Å². The van der Waals surface area contributed by atoms with Gasteiger partial charge >= 0.3 is 0 Å². The van der Waals surface area contributed by atoms with Gasteiger partial charge in [0.25, 0.3) is 0 Å². The molecule has 0 bridgehead atoms. The zero-order valence-electron chi connectivity index (χ0n) is 7.74. The fourth-order valence-corrected chi connectivity index (χ4v) is 4.36. The molecule has 0 radical (unpaired) electrons. The van der Waals surface area contributed by atoms with Gasteiger partial charge in [0, 0.05) is 11.4 Å². The first-order valence-electron chi connectivity index (χ1n) is 4.28. The first kappa shape index (κ1) is 9.49. The minimum atomic E-state index is 0.150. The van der Waals surface area contributed by atoms with Gasteiger partial charge in [0.05, 0.1) is 22.0 Å². The Hall–Kier alpha value is -0.0600. The highest BCUT2D eigenvalue weighted by Crippen LogP contribution is 2.49. The minimum Gasteiger partial charge on any atom is -0.472 e. The lowest BCUT2D eigenvalue weighted by molar-refractivity contribution is 0.563. The normalized spacial score (nSPS) is 34.8. The molecule has 0 aromatic carbocycles. The summed E-state index contributed by atoms with van der Waals surface area (Å²) in [5.41, 5.74) is 1.27. The largest absolute Gasteiger partial charge is 0.472 e. The number of hydrogen-bond donors (Lipinski definition) is 1. The van der Waals surface area contributed by atoms with Gasteiger partial charge in [-0.3, -0.25) is 5.32 Å². The van der Waals surface area contributed by atoms with E-state index in [1.165, 1.54) is 5.56 Å². The fraction of sp³-hybridized carbons (Fsp3) is 0.556. The molecule has 1 N–H and O–H groups in total. The van der Waals surface area contributed by atoms with Crippen LogP contribution in [0.15, 0.2) is 23.0 Å². The van der Waals surface area contributed by atoms with Gasteiger partial charge in [-0.2, -0.15) is 0 Å². The average molecular weight is 215 g/mol. The molecule has 1 saturated heterocycles. The summed E-state index contributed by atoms with van der Waals surface area (Å²) in [4.78, 5) is 0. The Morgan fingerprint density at radius 2 is 2.54 bits per heavy atom. The first-order valence-corrected chi connectivity index (χ1v) is 6.15. The van der Waals surface area contributed by atoms with Crippen LogP contribution in [0.3, 0.4) is 0 Å². The average Bonchev–Trinajstić information content (AvgIpc) is 2.55. The Morgan fingerprint density at radius 3 is 3.15 bits per heavy atom. The Bertz CT molecular complexity index is 275. The van der Waals surface area contributed by atoms with Crippen LogP contribution in [-0.4, -0.2) is 11.3 Å². The quantitative estimate of drug-likeness (QED) is 0.779. The van der Waals surface area contributed by atoms with Crippen LogP contribution < -0.4 is 5.32 Å². The van der Waals surface area contributed by atoms with E-state index in [4.69, 9.17) is 4.42 Å². The van der Waals surface area contributed by atoms with Crippen molar-refractivity contribution in [3.8, 4) is 0 Å². The van der Waals surface area contributed by atoms with Crippen LogP contribution in [0.5, 0.6) is 0 Å². The Kier molecular flexibility index (Phi) is 2.62. The van der Waals surface area contributed by atoms with E-state index >= 15 is 0 Å². The van der Waals surface area contributed by atoms with Crippen molar-refractivity contribution in [3.05, 3.63) is 24.2 Å². The maximum Gasteiger partial charge on any atom is 0.0957 e. The summed E-state index contributed by atoms with van der Waals surface area (Å²) < 4.78 is 5.27. The molecular formula is C9H13NOS2. The molecule has 0 spiro atoms. The summed E-state index contributed by atoms with van der Waals surface area (Å²) in [6.45, 7) is 4.45. The molecule has 2 unspecified atom stereocenters. The third-order valence-electron chi connectivity index (χ3n) is 2.17. The lowest BCUT2D eigenvalue weighted by Gasteiger charge is -2.35. The van der Waals surface area contributed by atoms with Crippen LogP contribution in [0.4, 0.5) is 0 Å². The summed E-state index contributed by atoms with van der Waals surface area (Å²) in [6, 6.07) is 2.05. The van der Waals surface area contributed by atoms with Crippen LogP contribution >= 0.6 is 23.5 Å². The predicted molar refractivity (Wildman–Crippen MR) is 58.7 cm³/mol. The van der Waals surface area contributed by atoms with Crippen molar-refractivity contribution in [1.29, 1.82) is 0 Å². The van der Waals surface area contributed by atoms with E-state index in [-0.39, 0.29) is 4.08 Å². The summed E-state index contributed by atoms with van der Waals surface area (Å²) in [7, 11) is 0. The Balaban J connectivity index is 2.20. The van der Waals surface area contributed by atoms with Crippen LogP contribution in [-0.2, 0) is 4.08 Å². The Labute approximate surface area is 86.8 Å². The second-order valence-corrected chi connectivity index (χ2v) is 6.62. The lowest BCUT2D eigenvalue weighted by Crippen LogP contribution is -2.34. The minimum absolute atomic E-state index is 0.150. The second kappa shape index (κ2) is 3.59. The molecule has 2 nitrogen and oxygen atoms in total. The van der Waals surface area contributed by atoms with E-state index in [0.29, 0.717) is 5.37 Å². The fourth-order valence-electron chi connectivity index (χ4n) is 1.38. The van der Waals surface area contributed by atoms with Gasteiger partial charge in [-0.25, -0.2) is 0 Å². The second-order valence-electron chi connectivity index (χ2n) is 3.21. The first-order chi connectivity index (χ1) is 6.21. The van der Waals surface area contributed by atoms with Crippen LogP contribution in [0, 0.1) is 0 Å². The number of nitrogens with one attached hydrogen (secondary N) is 1. The molecule has 4 heteroatoms. The molecule has 2 rings (SSSR count). The standard InChI is InChI=1S/C9H13NOS2/c1-7-10-6-12-9(2,13-7)8-3-4-11-5-8/h3-5,7,10H,6H2,1-2H3. The Morgan fingerprint density at radius 1 is 1.69 bits per heavy atom. The molecule has 0 aliphatic carbocycles. The molecule has 0 amide bonds. The van der Waals surface area contributed by atoms with Crippen molar-refractivity contribution in [1.82, 2.24) is 5.32 Å². The molecule has 1 fully saturated rings. The van der Waals surface area contributed by atoms with Crippen LogP contribution in [0.1, 0.15) is 19.4 Å². The van der Waals surface area contributed by atoms with Crippen LogP contribution in [0.2, 0.25) is 0 Å². The van der Waals surface area contributed by atoms with E-state index in [1.807, 2.05) is 29.8 Å². The molecule has 2 heterocycles. The van der Waals surface area contributed by atoms with E-state index < -0.39 is 0 Å². The number of hydrogen-bond acceptors (Lipinski definition) is 4. The van der Waals surface area contributed by atoms with Crippen molar-refractivity contribution >= 4 is 23.5 Å². The van der Waals surface area contributed by atoms with Crippen LogP contribution in [0.25, 0.3) is 0 Å². The van der Waals surface area contributed by atoms with Crippen molar-refractivity contribution in [3.63, 3.8) is 0 Å². The topological polar surface area (TPSA) is 25.2 Å². The highest BCUT2D eigenvalue weighted by molar-refractivity contribution is 8.18. The van der Waals surface area contributed by atoms with E-state index in [9.17, 15) is 0 Å². The van der Waals surface area contributed by atoms with Gasteiger partial charge in [-0.15, -0.1) is 23.5 Å². The lowest BCUT2D eigenvalue weighted by atomic mass is 10.2. The zero-order chi connectivity index (χ0) is 9.31. The number of rotatable bonds is 1. The zero-order valence-corrected chi connectivity index (χ0v) is 9.37. The summed E-state index contributed by atoms with van der Waals surface area (Å²) in [6.07, 6.45) is 3.59. The smallest absolute Gasteiger partial charge is 0.0957 e. The van der Waals surface area contributed by atoms with Gasteiger partial charge in [-0.1, -0.05) is 0 Å².